The van der Waals surface area contributed by atoms with Crippen molar-refractivity contribution in [1.29, 1.82) is 0 Å². The number of rotatable bonds is 4. The summed E-state index contributed by atoms with van der Waals surface area (Å²) in [5.41, 5.74) is 2.00. The minimum atomic E-state index is -0.334. The Balaban J connectivity index is 2.21. The van der Waals surface area contributed by atoms with Crippen LogP contribution in [0.3, 0.4) is 0 Å². The van der Waals surface area contributed by atoms with Gasteiger partial charge in [-0.3, -0.25) is 4.79 Å². The normalized spacial score (nSPS) is 10.3. The van der Waals surface area contributed by atoms with Crippen LogP contribution in [0.5, 0.6) is 0 Å². The Labute approximate surface area is 112 Å². The highest BCUT2D eigenvalue weighted by atomic mass is 19.1. The van der Waals surface area contributed by atoms with E-state index >= 15 is 0 Å². The molecule has 0 fully saturated rings. The molecule has 0 aliphatic rings. The van der Waals surface area contributed by atoms with Crippen LogP contribution >= 0.6 is 0 Å². The molecule has 0 unspecified atom stereocenters. The Bertz CT molecular complexity index is 593. The fourth-order valence-corrected chi connectivity index (χ4v) is 1.87. The van der Waals surface area contributed by atoms with Crippen LogP contribution in [0, 0.1) is 5.82 Å². The van der Waals surface area contributed by atoms with Gasteiger partial charge < -0.3 is 4.90 Å². The van der Waals surface area contributed by atoms with Crippen LogP contribution < -0.4 is 4.90 Å². The van der Waals surface area contributed by atoms with E-state index in [9.17, 15) is 9.18 Å². The van der Waals surface area contributed by atoms with Gasteiger partial charge in [0.2, 0.25) is 0 Å². The number of nitrogens with zero attached hydrogens (tertiary/aromatic N) is 1. The standard InChI is InChI=1S/C16H16FNO/c1-18(2)14-8-5-7-13(10-14)16(19)11-12-6-3-4-9-15(12)17/h3-10H,11H2,1-2H3. The second kappa shape index (κ2) is 5.65. The summed E-state index contributed by atoms with van der Waals surface area (Å²) < 4.78 is 13.5. The number of Topliss-reactive ketones (excluding diaryl/α,β-unsaturated/α-hetero) is 1. The zero-order valence-corrected chi connectivity index (χ0v) is 11.1. The lowest BCUT2D eigenvalue weighted by molar-refractivity contribution is 0.0992. The van der Waals surface area contributed by atoms with Crippen LogP contribution in [0.1, 0.15) is 15.9 Å². The number of carbonyl (C=O) groups is 1. The minimum Gasteiger partial charge on any atom is -0.378 e. The van der Waals surface area contributed by atoms with Crippen molar-refractivity contribution in [3.63, 3.8) is 0 Å². The second-order valence-electron chi connectivity index (χ2n) is 4.64. The Kier molecular flexibility index (Phi) is 3.95. The van der Waals surface area contributed by atoms with Crippen molar-refractivity contribution in [1.82, 2.24) is 0 Å². The fourth-order valence-electron chi connectivity index (χ4n) is 1.87. The number of halogens is 1. The van der Waals surface area contributed by atoms with E-state index in [2.05, 4.69) is 0 Å². The Morgan fingerprint density at radius 1 is 1.11 bits per heavy atom. The number of ketones is 1. The van der Waals surface area contributed by atoms with Gasteiger partial charge in [0, 0.05) is 31.8 Å². The van der Waals surface area contributed by atoms with Gasteiger partial charge in [0.1, 0.15) is 5.82 Å². The topological polar surface area (TPSA) is 20.3 Å². The van der Waals surface area contributed by atoms with Gasteiger partial charge in [0.25, 0.3) is 0 Å². The maximum absolute atomic E-state index is 13.5. The lowest BCUT2D eigenvalue weighted by Gasteiger charge is -2.13. The van der Waals surface area contributed by atoms with E-state index in [-0.39, 0.29) is 18.0 Å². The van der Waals surface area contributed by atoms with Crippen molar-refractivity contribution in [2.24, 2.45) is 0 Å². The third-order valence-electron chi connectivity index (χ3n) is 2.99. The largest absolute Gasteiger partial charge is 0.378 e. The summed E-state index contributed by atoms with van der Waals surface area (Å²) in [5, 5.41) is 0. The number of carbonyl (C=O) groups excluding carboxylic acids is 1. The first-order valence-corrected chi connectivity index (χ1v) is 6.12. The average molecular weight is 257 g/mol. The van der Waals surface area contributed by atoms with E-state index in [4.69, 9.17) is 0 Å². The highest BCUT2D eigenvalue weighted by molar-refractivity contribution is 5.98. The molecule has 0 heterocycles. The summed E-state index contributed by atoms with van der Waals surface area (Å²) in [7, 11) is 3.83. The molecule has 2 rings (SSSR count). The molecular formula is C16H16FNO. The molecule has 0 bridgehead atoms. The summed E-state index contributed by atoms with van der Waals surface area (Å²) in [6, 6.07) is 13.7. The first kappa shape index (κ1) is 13.3. The van der Waals surface area contributed by atoms with Gasteiger partial charge >= 0.3 is 0 Å². The van der Waals surface area contributed by atoms with Gasteiger partial charge in [0.05, 0.1) is 0 Å². The number of hydrogen-bond acceptors (Lipinski definition) is 2. The van der Waals surface area contributed by atoms with Crippen molar-refractivity contribution in [3.05, 3.63) is 65.5 Å². The average Bonchev–Trinajstić information content (AvgIpc) is 2.41. The summed E-state index contributed by atoms with van der Waals surface area (Å²) in [4.78, 5) is 14.1. The molecule has 0 radical (unpaired) electrons. The molecule has 0 aromatic heterocycles. The molecule has 0 N–H and O–H groups in total. The predicted octanol–water partition coefficient (Wildman–Crippen LogP) is 3.32. The fraction of sp³-hybridized carbons (Fsp3) is 0.188. The van der Waals surface area contributed by atoms with E-state index in [0.29, 0.717) is 11.1 Å². The zero-order valence-electron chi connectivity index (χ0n) is 11.1. The summed E-state index contributed by atoms with van der Waals surface area (Å²) in [6.07, 6.45) is 0.0869. The van der Waals surface area contributed by atoms with Crippen LogP contribution in [0.2, 0.25) is 0 Å². The van der Waals surface area contributed by atoms with Crippen LogP contribution in [-0.2, 0) is 6.42 Å². The van der Waals surface area contributed by atoms with Gasteiger partial charge in [-0.2, -0.15) is 0 Å². The second-order valence-corrected chi connectivity index (χ2v) is 4.64. The third kappa shape index (κ3) is 3.19. The molecule has 0 amide bonds. The third-order valence-corrected chi connectivity index (χ3v) is 2.99. The molecule has 19 heavy (non-hydrogen) atoms. The lowest BCUT2D eigenvalue weighted by atomic mass is 10.0. The van der Waals surface area contributed by atoms with Gasteiger partial charge in [-0.1, -0.05) is 30.3 Å². The first-order valence-electron chi connectivity index (χ1n) is 6.12. The van der Waals surface area contributed by atoms with Crippen molar-refractivity contribution >= 4 is 11.5 Å². The molecule has 0 aliphatic carbocycles. The van der Waals surface area contributed by atoms with E-state index < -0.39 is 0 Å². The maximum Gasteiger partial charge on any atom is 0.167 e. The smallest absolute Gasteiger partial charge is 0.167 e. The van der Waals surface area contributed by atoms with Crippen molar-refractivity contribution in [2.75, 3.05) is 19.0 Å². The van der Waals surface area contributed by atoms with E-state index in [1.54, 1.807) is 24.3 Å². The Hall–Kier alpha value is -2.16. The highest BCUT2D eigenvalue weighted by Gasteiger charge is 2.10. The van der Waals surface area contributed by atoms with Crippen molar-refractivity contribution in [3.8, 4) is 0 Å². The first-order chi connectivity index (χ1) is 9.08. The molecule has 0 aliphatic heterocycles. The molecule has 2 nitrogen and oxygen atoms in total. The van der Waals surface area contributed by atoms with Gasteiger partial charge in [0.15, 0.2) is 5.78 Å². The van der Waals surface area contributed by atoms with Gasteiger partial charge in [-0.05, 0) is 23.8 Å². The van der Waals surface area contributed by atoms with Crippen LogP contribution in [0.25, 0.3) is 0 Å². The maximum atomic E-state index is 13.5. The number of anilines is 1. The van der Waals surface area contributed by atoms with Crippen molar-refractivity contribution < 1.29 is 9.18 Å². The van der Waals surface area contributed by atoms with E-state index in [1.165, 1.54) is 6.07 Å². The monoisotopic (exact) mass is 257 g/mol. The molecule has 3 heteroatoms. The molecule has 0 atom stereocenters. The molecule has 0 spiro atoms. The summed E-state index contributed by atoms with van der Waals surface area (Å²) >= 11 is 0. The van der Waals surface area contributed by atoms with E-state index in [1.807, 2.05) is 37.2 Å². The van der Waals surface area contributed by atoms with E-state index in [0.717, 1.165) is 5.69 Å². The zero-order chi connectivity index (χ0) is 13.8. The van der Waals surface area contributed by atoms with Crippen LogP contribution in [-0.4, -0.2) is 19.9 Å². The number of hydrogen-bond donors (Lipinski definition) is 0. The van der Waals surface area contributed by atoms with Crippen LogP contribution in [0.4, 0.5) is 10.1 Å². The minimum absolute atomic E-state index is 0.0752. The van der Waals surface area contributed by atoms with Crippen molar-refractivity contribution in [2.45, 2.75) is 6.42 Å². The van der Waals surface area contributed by atoms with Crippen LogP contribution in [0.15, 0.2) is 48.5 Å². The Morgan fingerprint density at radius 2 is 1.84 bits per heavy atom. The molecule has 2 aromatic rings. The molecule has 2 aromatic carbocycles. The SMILES string of the molecule is CN(C)c1cccc(C(=O)Cc2ccccc2F)c1. The molecule has 98 valence electrons. The quantitative estimate of drug-likeness (QED) is 0.783. The number of benzene rings is 2. The van der Waals surface area contributed by atoms with Gasteiger partial charge in [-0.25, -0.2) is 4.39 Å². The molecule has 0 saturated carbocycles. The highest BCUT2D eigenvalue weighted by Crippen LogP contribution is 2.16. The Morgan fingerprint density at radius 3 is 2.53 bits per heavy atom. The lowest BCUT2D eigenvalue weighted by Crippen LogP contribution is -2.10. The molecule has 0 saturated heterocycles. The predicted molar refractivity (Wildman–Crippen MR) is 75.2 cm³/mol. The molecular weight excluding hydrogens is 241 g/mol. The summed E-state index contributed by atoms with van der Waals surface area (Å²) in [6.45, 7) is 0. The van der Waals surface area contributed by atoms with Gasteiger partial charge in [-0.15, -0.1) is 0 Å². The summed E-state index contributed by atoms with van der Waals surface area (Å²) in [5.74, 6) is -0.409.